The smallest absolute Gasteiger partial charge is 0.0789 e. The Kier molecular flexibility index (Phi) is 5.18. The maximum atomic E-state index is 2.50. The molecule has 0 unspecified atom stereocenters. The molecule has 0 atom stereocenters. The molecule has 0 spiro atoms. The topological polar surface area (TPSA) is 9.86 Å². The van der Waals surface area contributed by atoms with Crippen LogP contribution in [0.4, 0.5) is 0 Å². The average Bonchev–Trinajstić information content (AvgIpc) is 3.61. The Labute approximate surface area is 262 Å². The minimum Gasteiger partial charge on any atom is -0.307 e. The van der Waals surface area contributed by atoms with E-state index < -0.39 is 0 Å². The number of fused-ring (bicyclic) bond motifs is 11. The number of nitrogens with zero attached hydrogens (tertiary/aromatic N) is 2. The van der Waals surface area contributed by atoms with Crippen molar-refractivity contribution < 1.29 is 0 Å². The van der Waals surface area contributed by atoms with E-state index in [1.54, 1.807) is 0 Å². The summed E-state index contributed by atoms with van der Waals surface area (Å²) in [5.74, 6) is 0. The first-order chi connectivity index (χ1) is 21.8. The summed E-state index contributed by atoms with van der Waals surface area (Å²) in [6, 6.07) is 53.4. The largest absolute Gasteiger partial charge is 0.307 e. The lowest BCUT2D eigenvalue weighted by Crippen LogP contribution is -2.00. The van der Waals surface area contributed by atoms with Crippen LogP contribution in [0, 0.1) is 0 Å². The molecule has 0 radical (unpaired) electrons. The Morgan fingerprint density at radius 1 is 0.341 bits per heavy atom. The van der Waals surface area contributed by atoms with Gasteiger partial charge in [0.15, 0.2) is 0 Å². The van der Waals surface area contributed by atoms with E-state index in [0.29, 0.717) is 0 Å². The van der Waals surface area contributed by atoms with Crippen LogP contribution in [0.15, 0.2) is 165 Å². The lowest BCUT2D eigenvalue weighted by Gasteiger charge is -2.20. The summed E-state index contributed by atoms with van der Waals surface area (Å²) in [7, 11) is 0. The summed E-state index contributed by atoms with van der Waals surface area (Å²) in [5, 5.41) is 7.59. The Bertz CT molecular complexity index is 2610. The molecule has 2 aromatic heterocycles. The number of rotatable bonds is 2. The van der Waals surface area contributed by atoms with Crippen molar-refractivity contribution in [2.75, 3.05) is 0 Å². The van der Waals surface area contributed by atoms with Crippen molar-refractivity contribution in [3.8, 4) is 11.4 Å². The summed E-state index contributed by atoms with van der Waals surface area (Å²) in [5.41, 5.74) is 7.30. The van der Waals surface area contributed by atoms with Gasteiger partial charge in [-0.1, -0.05) is 121 Å². The van der Waals surface area contributed by atoms with Gasteiger partial charge in [0.1, 0.15) is 0 Å². The van der Waals surface area contributed by atoms with Gasteiger partial charge in [-0.15, -0.1) is 0 Å². The molecule has 0 N–H and O–H groups in total. The number of aromatic nitrogens is 2. The Hall–Kier alpha value is -4.90. The minimum atomic E-state index is 1.17. The molecule has 4 heteroatoms. The number of hydrogen-bond donors (Lipinski definition) is 0. The maximum Gasteiger partial charge on any atom is 0.0789 e. The fourth-order valence-corrected chi connectivity index (χ4v) is 9.32. The van der Waals surface area contributed by atoms with E-state index in [0.717, 1.165) is 0 Å². The Morgan fingerprint density at radius 2 is 0.932 bits per heavy atom. The normalized spacial score (nSPS) is 12.8. The lowest BCUT2D eigenvalue weighted by atomic mass is 10.0. The first-order valence-corrected chi connectivity index (χ1v) is 16.5. The quantitative estimate of drug-likeness (QED) is 0.196. The van der Waals surface area contributed by atoms with Crippen molar-refractivity contribution in [2.24, 2.45) is 0 Å². The van der Waals surface area contributed by atoms with E-state index in [2.05, 4.69) is 155 Å². The zero-order valence-corrected chi connectivity index (χ0v) is 25.2. The summed E-state index contributed by atoms with van der Waals surface area (Å²) < 4.78 is 5.00. The van der Waals surface area contributed by atoms with Crippen molar-refractivity contribution in [1.29, 1.82) is 0 Å². The molecule has 206 valence electrons. The molecule has 0 aliphatic carbocycles. The van der Waals surface area contributed by atoms with Crippen molar-refractivity contribution in [1.82, 2.24) is 9.13 Å². The van der Waals surface area contributed by atoms with Crippen LogP contribution >= 0.6 is 23.5 Å². The van der Waals surface area contributed by atoms with Crippen LogP contribution in [0.5, 0.6) is 0 Å². The van der Waals surface area contributed by atoms with Crippen molar-refractivity contribution in [3.63, 3.8) is 0 Å². The van der Waals surface area contributed by atoms with Crippen LogP contribution in [0.25, 0.3) is 65.8 Å². The van der Waals surface area contributed by atoms with Gasteiger partial charge in [0.2, 0.25) is 0 Å². The maximum absolute atomic E-state index is 2.50. The highest BCUT2D eigenvalue weighted by molar-refractivity contribution is 8.05. The molecule has 1 aliphatic rings. The highest BCUT2D eigenvalue weighted by Crippen LogP contribution is 2.50. The highest BCUT2D eigenvalue weighted by atomic mass is 32.2. The molecule has 1 aliphatic heterocycles. The van der Waals surface area contributed by atoms with E-state index in [4.69, 9.17) is 0 Å². The van der Waals surface area contributed by atoms with Gasteiger partial charge in [0.25, 0.3) is 0 Å². The molecule has 2 nitrogen and oxygen atoms in total. The molecular formula is C40H24N2S2. The summed E-state index contributed by atoms with van der Waals surface area (Å²) in [4.78, 5) is 5.27. The number of para-hydroxylation sites is 2. The SMILES string of the molecule is c1ccc(-n2c3c4ccccc4ccc3c3ccc4c5ccccc5n(-c5ccc6c(c5)Sc5ccccc5S6)c4c32)cc1. The fraction of sp³-hybridized carbons (Fsp3) is 0. The number of benzene rings is 7. The van der Waals surface area contributed by atoms with Gasteiger partial charge in [0.05, 0.1) is 22.1 Å². The molecule has 0 saturated carbocycles. The third-order valence-electron chi connectivity index (χ3n) is 8.94. The van der Waals surface area contributed by atoms with Crippen LogP contribution in [-0.2, 0) is 0 Å². The van der Waals surface area contributed by atoms with E-state index in [1.807, 2.05) is 23.5 Å². The first kappa shape index (κ1) is 24.5. The molecular weight excluding hydrogens is 573 g/mol. The van der Waals surface area contributed by atoms with Gasteiger partial charge in [0, 0.05) is 57.9 Å². The first-order valence-electron chi connectivity index (χ1n) is 14.9. The monoisotopic (exact) mass is 596 g/mol. The molecule has 10 rings (SSSR count). The molecule has 0 bridgehead atoms. The fourth-order valence-electron chi connectivity index (χ4n) is 7.07. The minimum absolute atomic E-state index is 1.17. The van der Waals surface area contributed by atoms with Crippen LogP contribution in [0.1, 0.15) is 0 Å². The van der Waals surface area contributed by atoms with E-state index in [-0.39, 0.29) is 0 Å². The molecule has 7 aromatic carbocycles. The third-order valence-corrected chi connectivity index (χ3v) is 11.5. The van der Waals surface area contributed by atoms with Crippen LogP contribution in [0.2, 0.25) is 0 Å². The van der Waals surface area contributed by atoms with E-state index >= 15 is 0 Å². The highest BCUT2D eigenvalue weighted by Gasteiger charge is 2.23. The van der Waals surface area contributed by atoms with E-state index in [9.17, 15) is 0 Å². The standard InChI is InChI=1S/C40H24N2S2/c1-2-11-26(12-3-1)42-38-28-13-5-4-10-25(28)18-20-31(38)32-22-21-30-29-14-6-7-15-33(29)41(39(30)40(32)42)27-19-23-36-37(24-27)44-35-17-9-8-16-34(35)43-36/h1-24H. The van der Waals surface area contributed by atoms with Gasteiger partial charge in [-0.3, -0.25) is 0 Å². The van der Waals surface area contributed by atoms with Crippen molar-refractivity contribution in [3.05, 3.63) is 146 Å². The zero-order chi connectivity index (χ0) is 28.8. The lowest BCUT2D eigenvalue weighted by molar-refractivity contribution is 1.10. The van der Waals surface area contributed by atoms with Crippen LogP contribution in [-0.4, -0.2) is 9.13 Å². The Morgan fingerprint density at radius 3 is 1.77 bits per heavy atom. The van der Waals surface area contributed by atoms with Crippen LogP contribution < -0.4 is 0 Å². The van der Waals surface area contributed by atoms with Gasteiger partial charge in [-0.2, -0.15) is 0 Å². The van der Waals surface area contributed by atoms with Crippen LogP contribution in [0.3, 0.4) is 0 Å². The molecule has 3 heterocycles. The summed E-state index contributed by atoms with van der Waals surface area (Å²) >= 11 is 3.74. The molecule has 0 saturated heterocycles. The number of hydrogen-bond acceptors (Lipinski definition) is 2. The van der Waals surface area contributed by atoms with Gasteiger partial charge >= 0.3 is 0 Å². The average molecular weight is 597 g/mol. The van der Waals surface area contributed by atoms with Gasteiger partial charge < -0.3 is 9.13 Å². The molecule has 44 heavy (non-hydrogen) atoms. The van der Waals surface area contributed by atoms with Crippen molar-refractivity contribution >= 4 is 77.9 Å². The molecule has 0 amide bonds. The molecule has 9 aromatic rings. The van der Waals surface area contributed by atoms with Crippen molar-refractivity contribution in [2.45, 2.75) is 19.6 Å². The predicted octanol–water partition coefficient (Wildman–Crippen LogP) is 11.6. The Balaban J connectivity index is 1.38. The second kappa shape index (κ2) is 9.30. The summed E-state index contributed by atoms with van der Waals surface area (Å²) in [6.07, 6.45) is 0. The van der Waals surface area contributed by atoms with E-state index in [1.165, 1.54) is 85.3 Å². The third kappa shape index (κ3) is 3.41. The second-order valence-corrected chi connectivity index (χ2v) is 13.5. The molecule has 0 fully saturated rings. The second-order valence-electron chi connectivity index (χ2n) is 11.3. The predicted molar refractivity (Wildman–Crippen MR) is 187 cm³/mol. The summed E-state index contributed by atoms with van der Waals surface area (Å²) in [6.45, 7) is 0. The van der Waals surface area contributed by atoms with Gasteiger partial charge in [-0.25, -0.2) is 0 Å². The van der Waals surface area contributed by atoms with Gasteiger partial charge in [-0.05, 0) is 53.9 Å². The zero-order valence-electron chi connectivity index (χ0n) is 23.6.